The van der Waals surface area contributed by atoms with Crippen molar-refractivity contribution in [3.8, 4) is 0 Å². The van der Waals surface area contributed by atoms with Crippen LogP contribution >= 0.6 is 23.7 Å². The van der Waals surface area contributed by atoms with Crippen LogP contribution in [0, 0.1) is 5.92 Å². The smallest absolute Gasteiger partial charge is 0.192 e. The van der Waals surface area contributed by atoms with Gasteiger partial charge in [-0.1, -0.05) is 26.0 Å². The number of benzene rings is 1. The second-order valence-corrected chi connectivity index (χ2v) is 7.17. The van der Waals surface area contributed by atoms with Crippen molar-refractivity contribution in [2.24, 2.45) is 5.92 Å². The summed E-state index contributed by atoms with van der Waals surface area (Å²) in [4.78, 5) is 16.4. The molecule has 2 heterocycles. The molecule has 114 valence electrons. The lowest BCUT2D eigenvalue weighted by molar-refractivity contribution is 0.240. The van der Waals surface area contributed by atoms with Gasteiger partial charge in [0.2, 0.25) is 0 Å². The van der Waals surface area contributed by atoms with Crippen LogP contribution in [0.2, 0.25) is 0 Å². The van der Waals surface area contributed by atoms with Gasteiger partial charge in [-0.05, 0) is 37.4 Å². The molecule has 21 heavy (non-hydrogen) atoms. The van der Waals surface area contributed by atoms with Crippen LogP contribution in [0.3, 0.4) is 0 Å². The summed E-state index contributed by atoms with van der Waals surface area (Å²) in [6, 6.07) is 8.00. The third-order valence-electron chi connectivity index (χ3n) is 4.04. The van der Waals surface area contributed by atoms with Gasteiger partial charge in [0.05, 0.1) is 0 Å². The molecule has 0 unspecified atom stereocenters. The Morgan fingerprint density at radius 3 is 2.81 bits per heavy atom. The van der Waals surface area contributed by atoms with Gasteiger partial charge < -0.3 is 0 Å². The summed E-state index contributed by atoms with van der Waals surface area (Å²) in [5.41, 5.74) is 1.30. The molecule has 3 rings (SSSR count). The summed E-state index contributed by atoms with van der Waals surface area (Å²) >= 11 is 1.80. The number of rotatable bonds is 3. The van der Waals surface area contributed by atoms with Crippen LogP contribution in [0.1, 0.15) is 30.7 Å². The molecule has 0 saturated carbocycles. The van der Waals surface area contributed by atoms with Gasteiger partial charge >= 0.3 is 0 Å². The number of fused-ring (bicyclic) bond motifs is 2. The normalized spacial score (nSPS) is 15.0. The Hall–Kier alpha value is -0.900. The highest BCUT2D eigenvalue weighted by Gasteiger charge is 2.20. The lowest BCUT2D eigenvalue weighted by atomic mass is 10.0. The minimum Gasteiger partial charge on any atom is -0.299 e. The highest BCUT2D eigenvalue weighted by atomic mass is 35.5. The molecule has 2 nitrogen and oxygen atoms in total. The second-order valence-electron chi connectivity index (χ2n) is 6.04. The largest absolute Gasteiger partial charge is 0.299 e. The maximum absolute atomic E-state index is 12.6. The minimum absolute atomic E-state index is 0. The van der Waals surface area contributed by atoms with E-state index in [1.165, 1.54) is 11.3 Å². The van der Waals surface area contributed by atoms with Crippen molar-refractivity contribution in [2.75, 3.05) is 13.1 Å². The molecule has 0 atom stereocenters. The van der Waals surface area contributed by atoms with Crippen molar-refractivity contribution in [1.29, 1.82) is 0 Å². The second kappa shape index (κ2) is 6.91. The van der Waals surface area contributed by atoms with Crippen molar-refractivity contribution < 1.29 is 0 Å². The number of hydrogen-bond acceptors (Lipinski definition) is 3. The monoisotopic (exact) mass is 323 g/mol. The van der Waals surface area contributed by atoms with Crippen LogP contribution in [-0.4, -0.2) is 18.0 Å². The zero-order valence-electron chi connectivity index (χ0n) is 12.6. The summed E-state index contributed by atoms with van der Waals surface area (Å²) in [7, 11) is 0. The molecule has 0 bridgehead atoms. The van der Waals surface area contributed by atoms with E-state index >= 15 is 0 Å². The van der Waals surface area contributed by atoms with E-state index in [9.17, 15) is 4.79 Å². The van der Waals surface area contributed by atoms with Crippen LogP contribution in [-0.2, 0) is 13.0 Å². The van der Waals surface area contributed by atoms with E-state index in [1.807, 2.05) is 18.2 Å². The van der Waals surface area contributed by atoms with Crippen molar-refractivity contribution in [3.05, 3.63) is 44.9 Å². The maximum Gasteiger partial charge on any atom is 0.192 e. The molecule has 1 aliphatic rings. The Bertz CT molecular complexity index is 680. The van der Waals surface area contributed by atoms with E-state index < -0.39 is 0 Å². The molecule has 0 spiro atoms. The lowest BCUT2D eigenvalue weighted by Gasteiger charge is -2.28. The van der Waals surface area contributed by atoms with Crippen molar-refractivity contribution in [3.63, 3.8) is 0 Å². The molecule has 0 saturated heterocycles. The van der Waals surface area contributed by atoms with Crippen LogP contribution in [0.15, 0.2) is 29.1 Å². The Morgan fingerprint density at radius 2 is 2.05 bits per heavy atom. The highest BCUT2D eigenvalue weighted by molar-refractivity contribution is 7.18. The molecule has 4 heteroatoms. The van der Waals surface area contributed by atoms with Gasteiger partial charge in [-0.15, -0.1) is 23.7 Å². The van der Waals surface area contributed by atoms with E-state index in [0.717, 1.165) is 47.6 Å². The molecule has 1 aliphatic heterocycles. The van der Waals surface area contributed by atoms with E-state index in [-0.39, 0.29) is 17.8 Å². The van der Waals surface area contributed by atoms with Crippen molar-refractivity contribution in [1.82, 2.24) is 4.90 Å². The predicted molar refractivity (Wildman–Crippen MR) is 93.8 cm³/mol. The van der Waals surface area contributed by atoms with E-state index in [1.54, 1.807) is 11.3 Å². The standard InChI is InChI=1S/C17H21NOS.ClH/c1-12(2)7-9-18-10-8-16-14(11-18)17(19)13-5-3-4-6-15(13)20-16;/h3-6,12H,7-11H2,1-2H3;1H. The molecule has 0 aliphatic carbocycles. The minimum atomic E-state index is 0. The van der Waals surface area contributed by atoms with Gasteiger partial charge in [0.1, 0.15) is 0 Å². The summed E-state index contributed by atoms with van der Waals surface area (Å²) in [5.74, 6) is 0.725. The molecule has 0 fully saturated rings. The maximum atomic E-state index is 12.6. The molecule has 2 aromatic rings. The van der Waals surface area contributed by atoms with Gasteiger partial charge in [0.25, 0.3) is 0 Å². The van der Waals surface area contributed by atoms with Gasteiger partial charge in [-0.3, -0.25) is 9.69 Å². The zero-order valence-corrected chi connectivity index (χ0v) is 14.2. The Labute approximate surface area is 136 Å². The first-order chi connectivity index (χ1) is 9.65. The fraction of sp³-hybridized carbons (Fsp3) is 0.471. The lowest BCUT2D eigenvalue weighted by Crippen LogP contribution is -2.34. The molecular formula is C17H22ClNOS. The molecule has 0 amide bonds. The topological polar surface area (TPSA) is 20.3 Å². The molecule has 1 aromatic carbocycles. The number of nitrogens with zero attached hydrogens (tertiary/aromatic N) is 1. The average Bonchev–Trinajstić information content (AvgIpc) is 2.46. The van der Waals surface area contributed by atoms with Crippen LogP contribution in [0.5, 0.6) is 0 Å². The van der Waals surface area contributed by atoms with Crippen LogP contribution in [0.25, 0.3) is 10.1 Å². The van der Waals surface area contributed by atoms with Crippen LogP contribution < -0.4 is 5.43 Å². The average molecular weight is 324 g/mol. The predicted octanol–water partition coefficient (Wildman–Crippen LogP) is 4.09. The quantitative estimate of drug-likeness (QED) is 0.848. The summed E-state index contributed by atoms with van der Waals surface area (Å²) < 4.78 is 1.13. The van der Waals surface area contributed by atoms with Gasteiger partial charge in [0, 0.05) is 33.6 Å². The van der Waals surface area contributed by atoms with Gasteiger partial charge in [-0.25, -0.2) is 0 Å². The SMILES string of the molecule is CC(C)CCN1CCc2sc3ccccc3c(=O)c2C1.Cl. The summed E-state index contributed by atoms with van der Waals surface area (Å²) in [6.45, 7) is 7.54. The van der Waals surface area contributed by atoms with E-state index in [0.29, 0.717) is 0 Å². The molecule has 0 N–H and O–H groups in total. The Kier molecular flexibility index (Phi) is 5.42. The van der Waals surface area contributed by atoms with Gasteiger partial charge in [0.15, 0.2) is 5.43 Å². The highest BCUT2D eigenvalue weighted by Crippen LogP contribution is 2.26. The molecular weight excluding hydrogens is 302 g/mol. The van der Waals surface area contributed by atoms with Crippen molar-refractivity contribution >= 4 is 33.8 Å². The number of halogens is 1. The summed E-state index contributed by atoms with van der Waals surface area (Å²) in [5, 5.41) is 0.891. The first kappa shape index (κ1) is 16.5. The fourth-order valence-electron chi connectivity index (χ4n) is 2.78. The van der Waals surface area contributed by atoms with Crippen molar-refractivity contribution in [2.45, 2.75) is 33.2 Å². The first-order valence-corrected chi connectivity index (χ1v) is 8.22. The van der Waals surface area contributed by atoms with Gasteiger partial charge in [-0.2, -0.15) is 0 Å². The van der Waals surface area contributed by atoms with E-state index in [2.05, 4.69) is 24.8 Å². The molecule has 0 radical (unpaired) electrons. The molecule has 1 aromatic heterocycles. The third-order valence-corrected chi connectivity index (χ3v) is 5.31. The summed E-state index contributed by atoms with van der Waals surface area (Å²) in [6.07, 6.45) is 2.23. The third kappa shape index (κ3) is 3.47. The Balaban J connectivity index is 0.00000161. The zero-order chi connectivity index (χ0) is 14.1. The fourth-order valence-corrected chi connectivity index (χ4v) is 3.94. The first-order valence-electron chi connectivity index (χ1n) is 7.41. The Morgan fingerprint density at radius 1 is 1.29 bits per heavy atom. The number of hydrogen-bond donors (Lipinski definition) is 0. The van der Waals surface area contributed by atoms with E-state index in [4.69, 9.17) is 0 Å². The van der Waals surface area contributed by atoms with Crippen LogP contribution in [0.4, 0.5) is 0 Å².